The van der Waals surface area contributed by atoms with E-state index in [1.54, 1.807) is 4.68 Å². The predicted molar refractivity (Wildman–Crippen MR) is 96.4 cm³/mol. The largest absolute Gasteiger partial charge is 0.299 e. The predicted octanol–water partition coefficient (Wildman–Crippen LogP) is 3.11. The SMILES string of the molecule is O=C1CC(c2ccccc2)CC2=Nc3nnnn3C(c3ccccc3)C12. The molecule has 1 fully saturated rings. The quantitative estimate of drug-likeness (QED) is 0.717. The van der Waals surface area contributed by atoms with Gasteiger partial charge in [-0.2, -0.15) is 0 Å². The van der Waals surface area contributed by atoms with Gasteiger partial charge in [0.25, 0.3) is 5.95 Å². The van der Waals surface area contributed by atoms with Crippen LogP contribution in [0.4, 0.5) is 5.95 Å². The normalized spacial score (nSPS) is 24.5. The Bertz CT molecular complexity index is 980. The van der Waals surface area contributed by atoms with Crippen molar-refractivity contribution < 1.29 is 4.79 Å². The number of hydrogen-bond acceptors (Lipinski definition) is 5. The summed E-state index contributed by atoms with van der Waals surface area (Å²) >= 11 is 0. The third-order valence-corrected chi connectivity index (χ3v) is 5.32. The molecule has 2 aromatic carbocycles. The van der Waals surface area contributed by atoms with Gasteiger partial charge in [-0.25, -0.2) is 9.67 Å². The summed E-state index contributed by atoms with van der Waals surface area (Å²) in [6, 6.07) is 19.9. The second kappa shape index (κ2) is 5.98. The third-order valence-electron chi connectivity index (χ3n) is 5.32. The average molecular weight is 343 g/mol. The summed E-state index contributed by atoms with van der Waals surface area (Å²) in [5.41, 5.74) is 3.11. The Morgan fingerprint density at radius 3 is 2.31 bits per heavy atom. The van der Waals surface area contributed by atoms with Crippen LogP contribution < -0.4 is 0 Å². The summed E-state index contributed by atoms with van der Waals surface area (Å²) < 4.78 is 1.68. The maximum atomic E-state index is 13.2. The molecule has 1 saturated carbocycles. The monoisotopic (exact) mass is 343 g/mol. The van der Waals surface area contributed by atoms with E-state index in [0.29, 0.717) is 12.4 Å². The summed E-state index contributed by atoms with van der Waals surface area (Å²) in [6.07, 6.45) is 1.28. The molecule has 3 aromatic rings. The number of ketones is 1. The maximum absolute atomic E-state index is 13.2. The molecule has 26 heavy (non-hydrogen) atoms. The van der Waals surface area contributed by atoms with Gasteiger partial charge in [-0.1, -0.05) is 65.8 Å². The molecule has 3 unspecified atom stereocenters. The summed E-state index contributed by atoms with van der Waals surface area (Å²) in [5.74, 6) is 0.552. The number of hydrogen-bond donors (Lipinski definition) is 0. The van der Waals surface area contributed by atoms with Crippen LogP contribution in [0.1, 0.15) is 35.9 Å². The molecule has 0 saturated heterocycles. The molecule has 1 aliphatic heterocycles. The van der Waals surface area contributed by atoms with E-state index < -0.39 is 0 Å². The minimum absolute atomic E-state index is 0.164. The van der Waals surface area contributed by atoms with E-state index in [1.807, 2.05) is 48.5 Å². The van der Waals surface area contributed by atoms with Gasteiger partial charge >= 0.3 is 0 Å². The molecule has 2 aliphatic rings. The molecule has 128 valence electrons. The van der Waals surface area contributed by atoms with Crippen molar-refractivity contribution in [3.8, 4) is 0 Å². The van der Waals surface area contributed by atoms with Crippen molar-refractivity contribution in [1.29, 1.82) is 0 Å². The van der Waals surface area contributed by atoms with Crippen LogP contribution in [-0.2, 0) is 4.79 Å². The number of Topliss-reactive ketones (excluding diaryl/α,β-unsaturated/α-hetero) is 1. The first-order chi connectivity index (χ1) is 12.8. The number of fused-ring (bicyclic) bond motifs is 2. The molecule has 0 radical (unpaired) electrons. The number of carbonyl (C=O) groups excluding carboxylic acids is 1. The summed E-state index contributed by atoms with van der Waals surface area (Å²) in [6.45, 7) is 0. The molecule has 1 aliphatic carbocycles. The molecule has 6 nitrogen and oxygen atoms in total. The minimum Gasteiger partial charge on any atom is -0.299 e. The highest BCUT2D eigenvalue weighted by molar-refractivity contribution is 6.10. The Labute approximate surface area is 150 Å². The van der Waals surface area contributed by atoms with Gasteiger partial charge in [-0.3, -0.25) is 4.79 Å². The van der Waals surface area contributed by atoms with Crippen LogP contribution >= 0.6 is 0 Å². The van der Waals surface area contributed by atoms with Gasteiger partial charge in [0.1, 0.15) is 5.78 Å². The lowest BCUT2D eigenvalue weighted by atomic mass is 9.72. The van der Waals surface area contributed by atoms with Crippen molar-refractivity contribution in [3.63, 3.8) is 0 Å². The fraction of sp³-hybridized carbons (Fsp3) is 0.250. The maximum Gasteiger partial charge on any atom is 0.269 e. The van der Waals surface area contributed by atoms with Crippen molar-refractivity contribution in [2.24, 2.45) is 10.9 Å². The number of benzene rings is 2. The zero-order valence-electron chi connectivity index (χ0n) is 14.1. The Morgan fingerprint density at radius 2 is 1.58 bits per heavy atom. The second-order valence-electron chi connectivity index (χ2n) is 6.84. The first kappa shape index (κ1) is 15.1. The van der Waals surface area contributed by atoms with E-state index in [-0.39, 0.29) is 23.7 Å². The number of rotatable bonds is 2. The first-order valence-corrected chi connectivity index (χ1v) is 8.79. The Hall–Kier alpha value is -3.15. The molecule has 6 heteroatoms. The van der Waals surface area contributed by atoms with Crippen LogP contribution in [0.25, 0.3) is 0 Å². The fourth-order valence-electron chi connectivity index (χ4n) is 4.14. The Balaban J connectivity index is 1.59. The number of aliphatic imine (C=N–C) groups is 1. The molecule has 0 amide bonds. The minimum atomic E-state index is -0.298. The molecule has 0 bridgehead atoms. The van der Waals surface area contributed by atoms with Gasteiger partial charge < -0.3 is 0 Å². The lowest BCUT2D eigenvalue weighted by molar-refractivity contribution is -0.122. The number of aromatic nitrogens is 4. The van der Waals surface area contributed by atoms with Gasteiger partial charge in [-0.15, -0.1) is 0 Å². The first-order valence-electron chi connectivity index (χ1n) is 8.79. The van der Waals surface area contributed by atoms with Crippen LogP contribution in [0, 0.1) is 5.92 Å². The second-order valence-corrected chi connectivity index (χ2v) is 6.84. The highest BCUT2D eigenvalue weighted by Gasteiger charge is 2.44. The van der Waals surface area contributed by atoms with E-state index in [4.69, 9.17) is 0 Å². The molecule has 3 atom stereocenters. The van der Waals surface area contributed by atoms with Crippen molar-refractivity contribution >= 4 is 17.4 Å². The van der Waals surface area contributed by atoms with Crippen LogP contribution in [0.2, 0.25) is 0 Å². The van der Waals surface area contributed by atoms with Gasteiger partial charge in [-0.05, 0) is 33.9 Å². The topological polar surface area (TPSA) is 73.0 Å². The van der Waals surface area contributed by atoms with E-state index >= 15 is 0 Å². The highest BCUT2D eigenvalue weighted by Crippen LogP contribution is 2.42. The lowest BCUT2D eigenvalue weighted by Gasteiger charge is -2.36. The highest BCUT2D eigenvalue weighted by atomic mass is 16.1. The smallest absolute Gasteiger partial charge is 0.269 e. The molecule has 0 spiro atoms. The Kier molecular flexibility index (Phi) is 3.48. The zero-order chi connectivity index (χ0) is 17.5. The summed E-state index contributed by atoms with van der Waals surface area (Å²) in [4.78, 5) is 17.8. The third kappa shape index (κ3) is 2.37. The van der Waals surface area contributed by atoms with E-state index in [1.165, 1.54) is 5.56 Å². The van der Waals surface area contributed by atoms with Gasteiger partial charge in [0.05, 0.1) is 12.0 Å². The summed E-state index contributed by atoms with van der Waals surface area (Å²) in [7, 11) is 0. The van der Waals surface area contributed by atoms with Crippen LogP contribution in [-0.4, -0.2) is 31.7 Å². The van der Waals surface area contributed by atoms with Crippen molar-refractivity contribution in [1.82, 2.24) is 20.2 Å². The molecule has 1 aromatic heterocycles. The van der Waals surface area contributed by atoms with Gasteiger partial charge in [0.15, 0.2) is 0 Å². The molecule has 2 heterocycles. The lowest BCUT2D eigenvalue weighted by Crippen LogP contribution is -2.41. The Morgan fingerprint density at radius 1 is 0.885 bits per heavy atom. The standard InChI is InChI=1S/C20H17N5O/c26-17-12-15(13-7-3-1-4-8-13)11-16-18(17)19(14-9-5-2-6-10-14)25-20(21-16)22-23-24-25/h1-10,15,18-19H,11-12H2. The van der Waals surface area contributed by atoms with Gasteiger partial charge in [0.2, 0.25) is 0 Å². The van der Waals surface area contributed by atoms with E-state index in [9.17, 15) is 4.79 Å². The van der Waals surface area contributed by atoms with Crippen LogP contribution in [0.15, 0.2) is 65.7 Å². The van der Waals surface area contributed by atoms with E-state index in [2.05, 4.69) is 32.7 Å². The molecule has 0 N–H and O–H groups in total. The van der Waals surface area contributed by atoms with Crippen LogP contribution in [0.5, 0.6) is 0 Å². The molecular formula is C20H17N5O. The number of nitrogens with zero attached hydrogens (tertiary/aromatic N) is 5. The molecule has 5 rings (SSSR count). The van der Waals surface area contributed by atoms with Gasteiger partial charge in [0, 0.05) is 12.1 Å². The molecular weight excluding hydrogens is 326 g/mol. The van der Waals surface area contributed by atoms with Crippen molar-refractivity contribution in [2.75, 3.05) is 0 Å². The fourth-order valence-corrected chi connectivity index (χ4v) is 4.14. The zero-order valence-corrected chi connectivity index (χ0v) is 14.1. The number of carbonyl (C=O) groups is 1. The summed E-state index contributed by atoms with van der Waals surface area (Å²) in [5, 5.41) is 11.9. The van der Waals surface area contributed by atoms with E-state index in [0.717, 1.165) is 17.7 Å². The van der Waals surface area contributed by atoms with Crippen molar-refractivity contribution in [3.05, 3.63) is 71.8 Å². The van der Waals surface area contributed by atoms with Crippen molar-refractivity contribution in [2.45, 2.75) is 24.8 Å². The average Bonchev–Trinajstić information content (AvgIpc) is 3.15. The van der Waals surface area contributed by atoms with Crippen LogP contribution in [0.3, 0.4) is 0 Å². The number of tetrazole rings is 1.